The Morgan fingerprint density at radius 3 is 1.22 bits per heavy atom. The summed E-state index contributed by atoms with van der Waals surface area (Å²) in [5, 5.41) is 57.2. The van der Waals surface area contributed by atoms with E-state index in [1.54, 1.807) is 6.08 Å². The lowest BCUT2D eigenvalue weighted by atomic mass is 9.99. The fourth-order valence-electron chi connectivity index (χ4n) is 11.5. The molecule has 1 aliphatic heterocycles. The molecule has 0 radical (unpaired) electrons. The summed E-state index contributed by atoms with van der Waals surface area (Å²) >= 11 is 0. The van der Waals surface area contributed by atoms with Crippen LogP contribution in [0.25, 0.3) is 0 Å². The van der Waals surface area contributed by atoms with Gasteiger partial charge in [-0.3, -0.25) is 9.59 Å². The molecule has 0 saturated carbocycles. The van der Waals surface area contributed by atoms with Crippen molar-refractivity contribution in [2.24, 2.45) is 0 Å². The van der Waals surface area contributed by atoms with Crippen LogP contribution in [0.15, 0.2) is 60.8 Å². The number of unbranched alkanes of at least 4 members (excludes halogenated alkanes) is 42. The summed E-state index contributed by atoms with van der Waals surface area (Å²) in [6, 6.07) is -1.03. The highest BCUT2D eigenvalue weighted by Gasteiger charge is 2.47. The molecule has 1 amide bonds. The molecule has 1 aliphatic rings. The van der Waals surface area contributed by atoms with Gasteiger partial charge in [-0.2, -0.15) is 0 Å². The second kappa shape index (κ2) is 63.5. The summed E-state index contributed by atoms with van der Waals surface area (Å²) in [6.45, 7) is 5.79. The van der Waals surface area contributed by atoms with Crippen LogP contribution in [-0.4, -0.2) is 99.6 Å². The number of allylic oxidation sites excluding steroid dienone is 9. The van der Waals surface area contributed by atoms with Crippen molar-refractivity contribution in [3.63, 3.8) is 0 Å². The molecule has 508 valence electrons. The Morgan fingerprint density at radius 1 is 0.448 bits per heavy atom. The van der Waals surface area contributed by atoms with E-state index < -0.39 is 67.4 Å². The first kappa shape index (κ1) is 82.4. The molecule has 1 heterocycles. The number of hydrogen-bond acceptors (Lipinski definition) is 10. The molecule has 11 heteroatoms. The van der Waals surface area contributed by atoms with E-state index in [1.165, 1.54) is 218 Å². The van der Waals surface area contributed by atoms with Gasteiger partial charge in [0.1, 0.15) is 24.4 Å². The fraction of sp³-hybridized carbons (Fsp3) is 0.842. The number of ether oxygens (including phenoxy) is 3. The molecule has 0 aromatic rings. The van der Waals surface area contributed by atoms with Gasteiger partial charge in [0.2, 0.25) is 5.91 Å². The molecular weight excluding hydrogens is 1090 g/mol. The Kier molecular flexibility index (Phi) is 60.1. The lowest BCUT2D eigenvalue weighted by molar-refractivity contribution is -0.305. The van der Waals surface area contributed by atoms with Crippen LogP contribution in [-0.2, 0) is 23.8 Å². The number of esters is 1. The molecule has 11 nitrogen and oxygen atoms in total. The molecule has 87 heavy (non-hydrogen) atoms. The van der Waals surface area contributed by atoms with Crippen molar-refractivity contribution >= 4 is 11.9 Å². The van der Waals surface area contributed by atoms with E-state index in [1.807, 2.05) is 6.08 Å². The quantitative estimate of drug-likeness (QED) is 0.0195. The summed E-state index contributed by atoms with van der Waals surface area (Å²) in [5.74, 6) is -1.19. The van der Waals surface area contributed by atoms with Gasteiger partial charge in [0.25, 0.3) is 0 Å². The van der Waals surface area contributed by atoms with Crippen LogP contribution in [0.1, 0.15) is 348 Å². The third-order valence-electron chi connectivity index (χ3n) is 17.4. The maximum Gasteiger partial charge on any atom is 0.306 e. The Bertz CT molecular complexity index is 1650. The topological polar surface area (TPSA) is 175 Å². The van der Waals surface area contributed by atoms with Crippen molar-refractivity contribution in [1.82, 2.24) is 5.32 Å². The summed E-state index contributed by atoms with van der Waals surface area (Å²) in [6.07, 6.45) is 71.3. The van der Waals surface area contributed by atoms with Gasteiger partial charge in [-0.05, 0) is 89.9 Å². The van der Waals surface area contributed by atoms with Crippen LogP contribution in [0.2, 0.25) is 0 Å². The van der Waals surface area contributed by atoms with Crippen LogP contribution >= 0.6 is 0 Å². The van der Waals surface area contributed by atoms with E-state index in [4.69, 9.17) is 14.2 Å². The Hall–Kier alpha value is -2.64. The lowest BCUT2D eigenvalue weighted by Gasteiger charge is -2.41. The number of aliphatic hydroxyl groups excluding tert-OH is 5. The highest BCUT2D eigenvalue weighted by molar-refractivity contribution is 5.80. The van der Waals surface area contributed by atoms with Gasteiger partial charge in [0.05, 0.1) is 25.4 Å². The standard InChI is InChI=1S/C76H139NO10/c1-4-7-10-13-16-19-22-24-26-28-30-32-33-34-35-36-37-38-40-42-44-46-49-52-55-58-61-64-71(81)87-74-73(83)72(82)70(65-78)86-76(74)85-66-67(68(79)62-59-56-53-50-47-21-18-15-12-9-6-3)77-75(84)69(80)63-60-57-54-51-48-45-43-41-39-31-29-27-25-23-20-17-14-11-8-5-2/h17,20,24-27,31,39,59,62,67-70,72-74,76,78-80,82-83H,4-16,18-19,21-23,28-30,32-38,40-58,60-61,63-66H2,1-3H3,(H,77,84)/b20-17-,26-24+,27-25-,39-31-,62-59+. The molecule has 1 fully saturated rings. The summed E-state index contributed by atoms with van der Waals surface area (Å²) in [5.41, 5.74) is 0. The smallest absolute Gasteiger partial charge is 0.306 e. The Balaban J connectivity index is 2.51. The maximum atomic E-state index is 13.5. The minimum atomic E-state index is -1.62. The number of carbonyl (C=O) groups is 2. The third-order valence-corrected chi connectivity index (χ3v) is 17.4. The van der Waals surface area contributed by atoms with Crippen LogP contribution in [0.4, 0.5) is 0 Å². The Morgan fingerprint density at radius 2 is 0.793 bits per heavy atom. The largest absolute Gasteiger partial charge is 0.454 e. The normalized spacial score (nSPS) is 18.6. The monoisotopic (exact) mass is 1230 g/mol. The average Bonchev–Trinajstić information content (AvgIpc) is 1.56. The number of aliphatic hydroxyl groups is 5. The number of rotatable bonds is 64. The van der Waals surface area contributed by atoms with Gasteiger partial charge in [-0.15, -0.1) is 0 Å². The van der Waals surface area contributed by atoms with Gasteiger partial charge in [-0.1, -0.05) is 313 Å². The molecule has 0 aromatic heterocycles. The zero-order valence-electron chi connectivity index (χ0n) is 56.6. The van der Waals surface area contributed by atoms with Crippen LogP contribution in [0.5, 0.6) is 0 Å². The third kappa shape index (κ3) is 50.7. The lowest BCUT2D eigenvalue weighted by Crippen LogP contribution is -2.61. The van der Waals surface area contributed by atoms with Crippen molar-refractivity contribution in [3.8, 4) is 0 Å². The molecule has 8 atom stereocenters. The zero-order chi connectivity index (χ0) is 63.1. The predicted molar refractivity (Wildman–Crippen MR) is 366 cm³/mol. The van der Waals surface area contributed by atoms with E-state index in [2.05, 4.69) is 74.7 Å². The minimum Gasteiger partial charge on any atom is -0.454 e. The second-order valence-electron chi connectivity index (χ2n) is 25.7. The predicted octanol–water partition coefficient (Wildman–Crippen LogP) is 19.3. The van der Waals surface area contributed by atoms with Crippen molar-refractivity contribution < 1.29 is 49.3 Å². The summed E-state index contributed by atoms with van der Waals surface area (Å²) in [7, 11) is 0. The van der Waals surface area contributed by atoms with Gasteiger partial charge < -0.3 is 45.1 Å². The van der Waals surface area contributed by atoms with Crippen molar-refractivity contribution in [1.29, 1.82) is 0 Å². The first-order valence-electron chi connectivity index (χ1n) is 37.1. The number of hydrogen-bond donors (Lipinski definition) is 6. The molecule has 8 unspecified atom stereocenters. The zero-order valence-corrected chi connectivity index (χ0v) is 56.6. The van der Waals surface area contributed by atoms with Gasteiger partial charge >= 0.3 is 5.97 Å². The van der Waals surface area contributed by atoms with Gasteiger partial charge in [0, 0.05) is 6.42 Å². The van der Waals surface area contributed by atoms with Crippen LogP contribution in [0.3, 0.4) is 0 Å². The number of carbonyl (C=O) groups excluding carboxylic acids is 2. The highest BCUT2D eigenvalue weighted by Crippen LogP contribution is 2.26. The van der Waals surface area contributed by atoms with Gasteiger partial charge in [0.15, 0.2) is 12.4 Å². The summed E-state index contributed by atoms with van der Waals surface area (Å²) in [4.78, 5) is 26.7. The molecule has 1 saturated heterocycles. The first-order chi connectivity index (χ1) is 42.7. The van der Waals surface area contributed by atoms with Crippen molar-refractivity contribution in [3.05, 3.63) is 60.8 Å². The molecule has 1 rings (SSSR count). The highest BCUT2D eigenvalue weighted by atomic mass is 16.7. The molecule has 0 bridgehead atoms. The molecule has 0 aromatic carbocycles. The molecule has 0 spiro atoms. The van der Waals surface area contributed by atoms with E-state index >= 15 is 0 Å². The SMILES string of the molecule is CCCCC/C=C\C/C=C\C/C=C\CCCCCCCCCC(O)C(=O)NC(COC1OC(CO)C(O)C(O)C1OC(=O)CCCCCCCCCCCCCCCCCCC/C=C/CCCCCCCC)C(O)/C=C/CCCCCCCCCCC. The fourth-order valence-corrected chi connectivity index (χ4v) is 11.5. The second-order valence-corrected chi connectivity index (χ2v) is 25.7. The maximum absolute atomic E-state index is 13.5. The molecule has 0 aliphatic carbocycles. The minimum absolute atomic E-state index is 0.125. The van der Waals surface area contributed by atoms with E-state index in [-0.39, 0.29) is 19.4 Å². The number of amides is 1. The molecular formula is C76H139NO10. The summed E-state index contributed by atoms with van der Waals surface area (Å²) < 4.78 is 17.7. The first-order valence-corrected chi connectivity index (χ1v) is 37.1. The average molecular weight is 1230 g/mol. The van der Waals surface area contributed by atoms with Crippen LogP contribution < -0.4 is 5.32 Å². The van der Waals surface area contributed by atoms with Crippen molar-refractivity contribution in [2.45, 2.75) is 397 Å². The van der Waals surface area contributed by atoms with E-state index in [0.29, 0.717) is 12.8 Å². The molecule has 6 N–H and O–H groups in total. The van der Waals surface area contributed by atoms with E-state index in [9.17, 15) is 35.1 Å². The van der Waals surface area contributed by atoms with E-state index in [0.717, 1.165) is 83.5 Å². The van der Waals surface area contributed by atoms with Crippen molar-refractivity contribution in [2.75, 3.05) is 13.2 Å². The van der Waals surface area contributed by atoms with Crippen LogP contribution in [0, 0.1) is 0 Å². The van der Waals surface area contributed by atoms with Gasteiger partial charge in [-0.25, -0.2) is 0 Å². The number of nitrogens with one attached hydrogen (secondary N) is 1. The Labute approximate surface area is 535 Å².